The molecule has 2 aromatic rings. The summed E-state index contributed by atoms with van der Waals surface area (Å²) in [6.45, 7) is 2.70. The Morgan fingerprint density at radius 3 is 2.71 bits per heavy atom. The number of aryl methyl sites for hydroxylation is 1. The van der Waals surface area contributed by atoms with E-state index in [1.807, 2.05) is 37.3 Å². The minimum absolute atomic E-state index is 0.0469. The van der Waals surface area contributed by atoms with Gasteiger partial charge in [-0.15, -0.1) is 0 Å². The maximum atomic E-state index is 12.0. The van der Waals surface area contributed by atoms with Gasteiger partial charge in [-0.1, -0.05) is 18.2 Å². The van der Waals surface area contributed by atoms with Crippen molar-refractivity contribution in [3.05, 3.63) is 58.0 Å². The highest BCUT2D eigenvalue weighted by molar-refractivity contribution is 5.45. The minimum Gasteiger partial charge on any atom is -0.496 e. The number of nitrogens with one attached hydrogen (secondary N) is 1. The van der Waals surface area contributed by atoms with Gasteiger partial charge >= 0.3 is 0 Å². The SMILES string of the molecule is COc1ccccc1CNc1cc(C)n(CCO)c(=O)c1. The van der Waals surface area contributed by atoms with Crippen LogP contribution in [-0.2, 0) is 13.1 Å². The third-order valence-corrected chi connectivity index (χ3v) is 3.33. The lowest BCUT2D eigenvalue weighted by atomic mass is 10.2. The predicted octanol–water partition coefficient (Wildman–Crippen LogP) is 1.77. The number of aliphatic hydroxyl groups excluding tert-OH is 1. The Morgan fingerprint density at radius 2 is 2.05 bits per heavy atom. The molecule has 0 aliphatic rings. The lowest BCUT2D eigenvalue weighted by Gasteiger charge is -2.13. The molecule has 1 aromatic heterocycles. The first-order valence-corrected chi connectivity index (χ1v) is 6.84. The van der Waals surface area contributed by atoms with Crippen molar-refractivity contribution in [1.29, 1.82) is 0 Å². The first-order chi connectivity index (χ1) is 10.2. The molecule has 0 aliphatic heterocycles. The van der Waals surface area contributed by atoms with Gasteiger partial charge in [0.25, 0.3) is 5.56 Å². The third kappa shape index (κ3) is 3.64. The molecule has 0 saturated carbocycles. The molecule has 0 atom stereocenters. The normalized spacial score (nSPS) is 10.4. The highest BCUT2D eigenvalue weighted by Gasteiger charge is 2.05. The molecule has 2 N–H and O–H groups in total. The predicted molar refractivity (Wildman–Crippen MR) is 82.8 cm³/mol. The number of aliphatic hydroxyl groups is 1. The van der Waals surface area contributed by atoms with Gasteiger partial charge in [0.2, 0.25) is 0 Å². The smallest absolute Gasteiger partial charge is 0.252 e. The number of pyridine rings is 1. The molecule has 0 bridgehead atoms. The number of methoxy groups -OCH3 is 1. The Morgan fingerprint density at radius 1 is 1.29 bits per heavy atom. The molecule has 112 valence electrons. The largest absolute Gasteiger partial charge is 0.496 e. The van der Waals surface area contributed by atoms with Gasteiger partial charge in [-0.25, -0.2) is 0 Å². The lowest BCUT2D eigenvalue weighted by Crippen LogP contribution is -2.23. The second-order valence-corrected chi connectivity index (χ2v) is 4.76. The highest BCUT2D eigenvalue weighted by atomic mass is 16.5. The van der Waals surface area contributed by atoms with Crippen molar-refractivity contribution in [2.75, 3.05) is 19.0 Å². The van der Waals surface area contributed by atoms with Crippen molar-refractivity contribution in [1.82, 2.24) is 4.57 Å². The van der Waals surface area contributed by atoms with Gasteiger partial charge in [-0.2, -0.15) is 0 Å². The Kier molecular flexibility index (Phi) is 5.00. The molecule has 0 unspecified atom stereocenters. The van der Waals surface area contributed by atoms with E-state index in [1.54, 1.807) is 11.7 Å². The topological polar surface area (TPSA) is 63.5 Å². The molecule has 0 amide bonds. The first kappa shape index (κ1) is 15.1. The summed E-state index contributed by atoms with van der Waals surface area (Å²) in [5.74, 6) is 0.815. The fourth-order valence-corrected chi connectivity index (χ4v) is 2.26. The number of hydrogen-bond donors (Lipinski definition) is 2. The van der Waals surface area contributed by atoms with Gasteiger partial charge in [-0.3, -0.25) is 4.79 Å². The molecule has 1 aromatic carbocycles. The molecule has 2 rings (SSSR count). The van der Waals surface area contributed by atoms with Crippen LogP contribution in [0.15, 0.2) is 41.2 Å². The van der Waals surface area contributed by atoms with Gasteiger partial charge in [0.05, 0.1) is 13.7 Å². The number of rotatable bonds is 6. The van der Waals surface area contributed by atoms with Crippen LogP contribution in [0, 0.1) is 6.92 Å². The Hall–Kier alpha value is -2.27. The van der Waals surface area contributed by atoms with Crippen LogP contribution < -0.4 is 15.6 Å². The summed E-state index contributed by atoms with van der Waals surface area (Å²) in [5.41, 5.74) is 2.49. The molecule has 0 saturated heterocycles. The number of aromatic nitrogens is 1. The summed E-state index contributed by atoms with van der Waals surface area (Å²) >= 11 is 0. The molecule has 0 fully saturated rings. The van der Waals surface area contributed by atoms with E-state index >= 15 is 0 Å². The monoisotopic (exact) mass is 288 g/mol. The van der Waals surface area contributed by atoms with Crippen molar-refractivity contribution in [2.45, 2.75) is 20.0 Å². The molecular weight excluding hydrogens is 268 g/mol. The van der Waals surface area contributed by atoms with E-state index in [0.29, 0.717) is 13.1 Å². The van der Waals surface area contributed by atoms with Crippen LogP contribution in [0.2, 0.25) is 0 Å². The number of para-hydroxylation sites is 1. The summed E-state index contributed by atoms with van der Waals surface area (Å²) in [4.78, 5) is 12.0. The summed E-state index contributed by atoms with van der Waals surface area (Å²) in [7, 11) is 1.64. The van der Waals surface area contributed by atoms with Crippen molar-refractivity contribution < 1.29 is 9.84 Å². The van der Waals surface area contributed by atoms with E-state index < -0.39 is 0 Å². The quantitative estimate of drug-likeness (QED) is 0.850. The van der Waals surface area contributed by atoms with Gasteiger partial charge in [0.15, 0.2) is 0 Å². The van der Waals surface area contributed by atoms with E-state index in [-0.39, 0.29) is 12.2 Å². The zero-order chi connectivity index (χ0) is 15.2. The molecule has 5 heteroatoms. The van der Waals surface area contributed by atoms with Gasteiger partial charge in [0.1, 0.15) is 5.75 Å². The van der Waals surface area contributed by atoms with E-state index in [9.17, 15) is 4.79 Å². The number of hydrogen-bond acceptors (Lipinski definition) is 4. The number of benzene rings is 1. The molecular formula is C16H20N2O3. The third-order valence-electron chi connectivity index (χ3n) is 3.33. The standard InChI is InChI=1S/C16H20N2O3/c1-12-9-14(10-16(20)18(12)7-8-19)17-11-13-5-3-4-6-15(13)21-2/h3-6,9-10,17,19H,7-8,11H2,1-2H3. The molecule has 0 radical (unpaired) electrons. The van der Waals surface area contributed by atoms with Gasteiger partial charge in [-0.05, 0) is 19.1 Å². The first-order valence-electron chi connectivity index (χ1n) is 6.84. The van der Waals surface area contributed by atoms with Crippen LogP contribution in [0.25, 0.3) is 0 Å². The summed E-state index contributed by atoms with van der Waals surface area (Å²) in [5, 5.41) is 12.2. The Bertz CT molecular complexity index is 665. The maximum absolute atomic E-state index is 12.0. The van der Waals surface area contributed by atoms with Crippen molar-refractivity contribution in [3.63, 3.8) is 0 Å². The zero-order valence-corrected chi connectivity index (χ0v) is 12.3. The van der Waals surface area contributed by atoms with Crippen LogP contribution in [0.5, 0.6) is 5.75 Å². The molecule has 5 nitrogen and oxygen atoms in total. The van der Waals surface area contributed by atoms with Crippen LogP contribution in [0.3, 0.4) is 0 Å². The summed E-state index contributed by atoms with van der Waals surface area (Å²) in [6.07, 6.45) is 0. The molecule has 0 aliphatic carbocycles. The molecule has 21 heavy (non-hydrogen) atoms. The fourth-order valence-electron chi connectivity index (χ4n) is 2.26. The molecule has 1 heterocycles. The highest BCUT2D eigenvalue weighted by Crippen LogP contribution is 2.18. The number of ether oxygens (including phenoxy) is 1. The second kappa shape index (κ2) is 6.95. The Labute approximate surface area is 123 Å². The van der Waals surface area contributed by atoms with E-state index in [2.05, 4.69) is 5.32 Å². The van der Waals surface area contributed by atoms with E-state index in [1.165, 1.54) is 6.07 Å². The van der Waals surface area contributed by atoms with Crippen molar-refractivity contribution in [3.8, 4) is 5.75 Å². The number of anilines is 1. The molecule has 0 spiro atoms. The maximum Gasteiger partial charge on any atom is 0.252 e. The van der Waals surface area contributed by atoms with Gasteiger partial charge < -0.3 is 19.7 Å². The van der Waals surface area contributed by atoms with Crippen molar-refractivity contribution >= 4 is 5.69 Å². The average molecular weight is 288 g/mol. The number of nitrogens with zero attached hydrogens (tertiary/aromatic N) is 1. The summed E-state index contributed by atoms with van der Waals surface area (Å²) in [6, 6.07) is 11.2. The Balaban J connectivity index is 2.15. The lowest BCUT2D eigenvalue weighted by molar-refractivity contribution is 0.273. The van der Waals surface area contributed by atoms with Crippen molar-refractivity contribution in [2.24, 2.45) is 0 Å². The van der Waals surface area contributed by atoms with Crippen LogP contribution in [0.4, 0.5) is 5.69 Å². The van der Waals surface area contributed by atoms with E-state index in [0.717, 1.165) is 22.7 Å². The van der Waals surface area contributed by atoms with Crippen LogP contribution >= 0.6 is 0 Å². The van der Waals surface area contributed by atoms with E-state index in [4.69, 9.17) is 9.84 Å². The fraction of sp³-hybridized carbons (Fsp3) is 0.312. The minimum atomic E-state index is -0.119. The summed E-state index contributed by atoms with van der Waals surface area (Å²) < 4.78 is 6.85. The average Bonchev–Trinajstić information content (AvgIpc) is 2.49. The van der Waals surface area contributed by atoms with Gasteiger partial charge in [0, 0.05) is 36.1 Å². The van der Waals surface area contributed by atoms with Crippen LogP contribution in [-0.4, -0.2) is 23.4 Å². The zero-order valence-electron chi connectivity index (χ0n) is 12.3. The second-order valence-electron chi connectivity index (χ2n) is 4.76. The van der Waals surface area contributed by atoms with Crippen LogP contribution in [0.1, 0.15) is 11.3 Å².